The van der Waals surface area contributed by atoms with E-state index in [4.69, 9.17) is 12.8 Å². The van der Waals surface area contributed by atoms with Crippen LogP contribution < -0.4 is 0 Å². The minimum Gasteiger partial charge on any atom is -0.120 e. The summed E-state index contributed by atoms with van der Waals surface area (Å²) in [6.07, 6.45) is 15.0. The van der Waals surface area contributed by atoms with Gasteiger partial charge in [0.1, 0.15) is 0 Å². The summed E-state index contributed by atoms with van der Waals surface area (Å²) >= 11 is 0. The molecule has 0 bridgehead atoms. The van der Waals surface area contributed by atoms with Crippen LogP contribution in [-0.4, -0.2) is 0 Å². The Morgan fingerprint density at radius 3 is 2.45 bits per heavy atom. The molecule has 1 atom stereocenters. The van der Waals surface area contributed by atoms with E-state index in [0.717, 1.165) is 19.3 Å². The molecule has 59 valence electrons. The van der Waals surface area contributed by atoms with Gasteiger partial charge in [-0.15, -0.1) is 12.3 Å². The highest BCUT2D eigenvalue weighted by atomic mass is 14.1. The van der Waals surface area contributed by atoms with E-state index >= 15 is 0 Å². The van der Waals surface area contributed by atoms with E-state index in [1.165, 1.54) is 0 Å². The summed E-state index contributed by atoms with van der Waals surface area (Å²) in [6.45, 7) is 4.23. The maximum atomic E-state index is 7.02. The Hall–Kier alpha value is -0.880. The normalized spacial score (nSPS) is 12.1. The highest BCUT2D eigenvalue weighted by Crippen LogP contribution is 2.16. The zero-order valence-corrected chi connectivity index (χ0v) is 7.35. The average molecular weight is 147 g/mol. The van der Waals surface area contributed by atoms with Gasteiger partial charge in [-0.3, -0.25) is 0 Å². The van der Waals surface area contributed by atoms with Crippen LogP contribution in [0.1, 0.15) is 33.1 Å². The molecular formula is C11H15. The molecule has 0 aliphatic rings. The fraction of sp³-hybridized carbons (Fsp3) is 0.636. The van der Waals surface area contributed by atoms with Gasteiger partial charge in [-0.1, -0.05) is 19.8 Å². The number of hydrogen-bond acceptors (Lipinski definition) is 0. The van der Waals surface area contributed by atoms with Crippen molar-refractivity contribution >= 4 is 0 Å². The molecule has 0 rings (SSSR count). The SMILES string of the molecule is [C]#CC(CCCC#C)C(C)C. The highest BCUT2D eigenvalue weighted by Gasteiger charge is 2.08. The van der Waals surface area contributed by atoms with Crippen molar-refractivity contribution in [3.05, 3.63) is 6.42 Å². The standard InChI is InChI=1S/C11H15/c1-5-7-8-9-11(6-2)10(3)4/h1,10-11H,7-9H2,3-4H3. The van der Waals surface area contributed by atoms with Crippen molar-refractivity contribution in [1.82, 2.24) is 0 Å². The van der Waals surface area contributed by atoms with Crippen LogP contribution in [-0.2, 0) is 0 Å². The van der Waals surface area contributed by atoms with Crippen molar-refractivity contribution in [1.29, 1.82) is 0 Å². The number of rotatable bonds is 4. The van der Waals surface area contributed by atoms with Crippen molar-refractivity contribution in [3.8, 4) is 18.3 Å². The summed E-state index contributed by atoms with van der Waals surface area (Å²) in [6, 6.07) is 0. The Morgan fingerprint density at radius 1 is 1.45 bits per heavy atom. The minimum absolute atomic E-state index is 0.295. The summed E-state index contributed by atoms with van der Waals surface area (Å²) in [5.74, 6) is 5.95. The number of unbranched alkanes of at least 4 members (excludes halogenated alkanes) is 1. The van der Waals surface area contributed by atoms with Crippen LogP contribution in [0.3, 0.4) is 0 Å². The molecule has 0 heterocycles. The third-order valence-corrected chi connectivity index (χ3v) is 1.83. The first-order valence-electron chi connectivity index (χ1n) is 4.08. The van der Waals surface area contributed by atoms with E-state index in [1.54, 1.807) is 0 Å². The zero-order valence-electron chi connectivity index (χ0n) is 7.35. The lowest BCUT2D eigenvalue weighted by Crippen LogP contribution is -2.05. The van der Waals surface area contributed by atoms with Crippen LogP contribution in [0, 0.1) is 36.5 Å². The largest absolute Gasteiger partial charge is 0.120 e. The minimum atomic E-state index is 0.295. The smallest absolute Gasteiger partial charge is 0.0236 e. The highest BCUT2D eigenvalue weighted by molar-refractivity contribution is 4.90. The van der Waals surface area contributed by atoms with Gasteiger partial charge in [-0.05, 0) is 25.2 Å². The Kier molecular flexibility index (Phi) is 5.40. The first-order valence-corrected chi connectivity index (χ1v) is 4.08. The van der Waals surface area contributed by atoms with Crippen molar-refractivity contribution in [2.24, 2.45) is 11.8 Å². The Bertz CT molecular complexity index is 163. The Balaban J connectivity index is 3.57. The molecule has 0 aromatic carbocycles. The predicted octanol–water partition coefficient (Wildman–Crippen LogP) is 2.65. The quantitative estimate of drug-likeness (QED) is 0.423. The maximum absolute atomic E-state index is 7.02. The van der Waals surface area contributed by atoms with E-state index in [9.17, 15) is 0 Å². The first-order chi connectivity index (χ1) is 5.22. The van der Waals surface area contributed by atoms with Crippen molar-refractivity contribution in [2.45, 2.75) is 33.1 Å². The third kappa shape index (κ3) is 4.51. The molecular weight excluding hydrogens is 132 g/mol. The Morgan fingerprint density at radius 2 is 2.09 bits per heavy atom. The molecule has 11 heavy (non-hydrogen) atoms. The molecule has 1 unspecified atom stereocenters. The molecule has 0 fully saturated rings. The summed E-state index contributed by atoms with van der Waals surface area (Å²) in [5.41, 5.74) is 0. The molecule has 0 amide bonds. The maximum Gasteiger partial charge on any atom is 0.0236 e. The fourth-order valence-electron chi connectivity index (χ4n) is 0.996. The monoisotopic (exact) mass is 147 g/mol. The predicted molar refractivity (Wildman–Crippen MR) is 48.1 cm³/mol. The van der Waals surface area contributed by atoms with Crippen molar-refractivity contribution in [2.75, 3.05) is 0 Å². The van der Waals surface area contributed by atoms with Crippen LogP contribution in [0.15, 0.2) is 0 Å². The number of hydrogen-bond donors (Lipinski definition) is 0. The van der Waals surface area contributed by atoms with Gasteiger partial charge >= 0.3 is 0 Å². The van der Waals surface area contributed by atoms with Gasteiger partial charge in [0.05, 0.1) is 0 Å². The molecule has 0 aliphatic heterocycles. The van der Waals surface area contributed by atoms with E-state index in [2.05, 4.69) is 25.7 Å². The molecule has 0 saturated carbocycles. The molecule has 0 heteroatoms. The zero-order chi connectivity index (χ0) is 8.69. The van der Waals surface area contributed by atoms with Gasteiger partial charge in [-0.2, -0.15) is 0 Å². The van der Waals surface area contributed by atoms with Gasteiger partial charge in [0.25, 0.3) is 0 Å². The van der Waals surface area contributed by atoms with Crippen LogP contribution in [0.5, 0.6) is 0 Å². The lowest BCUT2D eigenvalue weighted by Gasteiger charge is -2.12. The average Bonchev–Trinajstić information content (AvgIpc) is 1.97. The molecule has 0 spiro atoms. The van der Waals surface area contributed by atoms with E-state index in [-0.39, 0.29) is 0 Å². The van der Waals surface area contributed by atoms with E-state index < -0.39 is 0 Å². The van der Waals surface area contributed by atoms with E-state index in [0.29, 0.717) is 11.8 Å². The molecule has 0 aromatic rings. The second kappa shape index (κ2) is 5.87. The van der Waals surface area contributed by atoms with Crippen LogP contribution in [0.25, 0.3) is 0 Å². The second-order valence-corrected chi connectivity index (χ2v) is 3.09. The molecule has 0 nitrogen and oxygen atoms in total. The molecule has 0 aromatic heterocycles. The topological polar surface area (TPSA) is 0 Å². The summed E-state index contributed by atoms with van der Waals surface area (Å²) in [5, 5.41) is 0. The molecule has 0 saturated heterocycles. The van der Waals surface area contributed by atoms with Crippen molar-refractivity contribution < 1.29 is 0 Å². The molecule has 0 N–H and O–H groups in total. The number of terminal acetylenes is 1. The van der Waals surface area contributed by atoms with Gasteiger partial charge in [0.15, 0.2) is 0 Å². The van der Waals surface area contributed by atoms with E-state index in [1.807, 2.05) is 0 Å². The summed E-state index contributed by atoms with van der Waals surface area (Å²) in [7, 11) is 0. The van der Waals surface area contributed by atoms with Crippen molar-refractivity contribution in [3.63, 3.8) is 0 Å². The van der Waals surface area contributed by atoms with Crippen LogP contribution in [0.4, 0.5) is 0 Å². The summed E-state index contributed by atoms with van der Waals surface area (Å²) < 4.78 is 0. The Labute approximate surface area is 70.4 Å². The van der Waals surface area contributed by atoms with Gasteiger partial charge in [0, 0.05) is 12.3 Å². The lowest BCUT2D eigenvalue weighted by molar-refractivity contribution is 0.441. The third-order valence-electron chi connectivity index (χ3n) is 1.83. The first kappa shape index (κ1) is 10.1. The van der Waals surface area contributed by atoms with Gasteiger partial charge in [0.2, 0.25) is 0 Å². The lowest BCUT2D eigenvalue weighted by atomic mass is 9.91. The molecule has 1 radical (unpaired) electrons. The second-order valence-electron chi connectivity index (χ2n) is 3.09. The molecule has 0 aliphatic carbocycles. The fourth-order valence-corrected chi connectivity index (χ4v) is 0.996. The van der Waals surface area contributed by atoms with Crippen LogP contribution in [0.2, 0.25) is 0 Å². The van der Waals surface area contributed by atoms with Gasteiger partial charge in [-0.25, -0.2) is 0 Å². The summed E-state index contributed by atoms with van der Waals surface area (Å²) in [4.78, 5) is 0. The van der Waals surface area contributed by atoms with Gasteiger partial charge < -0.3 is 0 Å². The van der Waals surface area contributed by atoms with Crippen LogP contribution >= 0.6 is 0 Å².